The van der Waals surface area contributed by atoms with Crippen molar-refractivity contribution < 1.29 is 9.47 Å². The minimum atomic E-state index is -0.193. The fourth-order valence-corrected chi connectivity index (χ4v) is 4.91. The highest BCUT2D eigenvalue weighted by Gasteiger charge is 2.46. The molecular weight excluding hydrogens is 396 g/mol. The molecule has 0 radical (unpaired) electrons. The molecule has 3 rings (SSSR count). The zero-order valence-corrected chi connectivity index (χ0v) is 19.9. The number of fused-ring (bicyclic) bond motifs is 1. The molecule has 1 aliphatic carbocycles. The van der Waals surface area contributed by atoms with E-state index < -0.39 is 0 Å². The van der Waals surface area contributed by atoms with Gasteiger partial charge in [0.2, 0.25) is 0 Å². The Labute approximate surface area is 193 Å². The summed E-state index contributed by atoms with van der Waals surface area (Å²) < 4.78 is 11.9. The Morgan fingerprint density at radius 1 is 0.844 bits per heavy atom. The highest BCUT2D eigenvalue weighted by atomic mass is 16.5. The maximum atomic E-state index is 6.40. The SMILES string of the molecule is C=CCCCOc1ccc(C2(C)CC(C)(C)c3cc(N)c(OCCCC=C)cc32)cc1N. The fourth-order valence-electron chi connectivity index (χ4n) is 4.91. The third-order valence-electron chi connectivity index (χ3n) is 6.54. The molecule has 0 aromatic heterocycles. The third kappa shape index (κ3) is 4.79. The predicted molar refractivity (Wildman–Crippen MR) is 136 cm³/mol. The predicted octanol–water partition coefficient (Wildman–Crippen LogP) is 6.53. The first-order valence-electron chi connectivity index (χ1n) is 11.5. The minimum absolute atomic E-state index is 0.00576. The van der Waals surface area contributed by atoms with Crippen LogP contribution in [0.1, 0.15) is 69.6 Å². The number of nitrogens with two attached hydrogens (primary N) is 2. The van der Waals surface area contributed by atoms with Crippen molar-refractivity contribution in [2.24, 2.45) is 0 Å². The van der Waals surface area contributed by atoms with Crippen LogP contribution in [-0.2, 0) is 10.8 Å². The van der Waals surface area contributed by atoms with Crippen LogP contribution in [0, 0.1) is 0 Å². The molecular formula is C28H38N2O2. The molecule has 0 aliphatic heterocycles. The van der Waals surface area contributed by atoms with Gasteiger partial charge in [-0.05, 0) is 78.5 Å². The van der Waals surface area contributed by atoms with Gasteiger partial charge in [0.15, 0.2) is 0 Å². The molecule has 4 nitrogen and oxygen atoms in total. The lowest BCUT2D eigenvalue weighted by Gasteiger charge is -2.29. The van der Waals surface area contributed by atoms with Crippen molar-refractivity contribution in [2.75, 3.05) is 24.7 Å². The number of ether oxygens (including phenoxy) is 2. The Morgan fingerprint density at radius 3 is 2.03 bits per heavy atom. The van der Waals surface area contributed by atoms with Gasteiger partial charge in [-0.3, -0.25) is 0 Å². The van der Waals surface area contributed by atoms with Crippen LogP contribution in [-0.4, -0.2) is 13.2 Å². The highest BCUT2D eigenvalue weighted by Crippen LogP contribution is 2.55. The molecule has 0 saturated heterocycles. The first-order chi connectivity index (χ1) is 15.2. The zero-order chi connectivity index (χ0) is 23.4. The number of hydrogen-bond donors (Lipinski definition) is 2. The monoisotopic (exact) mass is 434 g/mol. The average Bonchev–Trinajstić information content (AvgIpc) is 2.95. The molecule has 4 heteroatoms. The number of hydrogen-bond acceptors (Lipinski definition) is 4. The molecule has 0 amide bonds. The van der Waals surface area contributed by atoms with Crippen molar-refractivity contribution in [3.63, 3.8) is 0 Å². The second kappa shape index (κ2) is 9.72. The lowest BCUT2D eigenvalue weighted by Crippen LogP contribution is -2.23. The van der Waals surface area contributed by atoms with E-state index in [-0.39, 0.29) is 10.8 Å². The number of allylic oxidation sites excluding steroid dienone is 2. The molecule has 1 aliphatic rings. The van der Waals surface area contributed by atoms with Crippen LogP contribution in [0.5, 0.6) is 11.5 Å². The summed E-state index contributed by atoms with van der Waals surface area (Å²) in [4.78, 5) is 0. The van der Waals surface area contributed by atoms with E-state index in [2.05, 4.69) is 58.2 Å². The van der Waals surface area contributed by atoms with E-state index in [1.54, 1.807) is 0 Å². The normalized spacial score (nSPS) is 18.7. The summed E-state index contributed by atoms with van der Waals surface area (Å²) in [5, 5.41) is 0. The molecule has 172 valence electrons. The molecule has 0 fully saturated rings. The molecule has 1 unspecified atom stereocenters. The number of nitrogen functional groups attached to an aromatic ring is 2. The lowest BCUT2D eigenvalue weighted by molar-refractivity contribution is 0.312. The molecule has 0 saturated carbocycles. The maximum Gasteiger partial charge on any atom is 0.142 e. The molecule has 32 heavy (non-hydrogen) atoms. The van der Waals surface area contributed by atoms with E-state index in [0.29, 0.717) is 24.6 Å². The number of unbranched alkanes of at least 4 members (excludes halogenated alkanes) is 2. The van der Waals surface area contributed by atoms with Crippen molar-refractivity contribution in [1.82, 2.24) is 0 Å². The number of anilines is 2. The van der Waals surface area contributed by atoms with Gasteiger partial charge in [-0.25, -0.2) is 0 Å². The van der Waals surface area contributed by atoms with E-state index in [4.69, 9.17) is 20.9 Å². The Bertz CT molecular complexity index is 980. The van der Waals surface area contributed by atoms with Crippen molar-refractivity contribution in [3.8, 4) is 11.5 Å². The van der Waals surface area contributed by atoms with Crippen molar-refractivity contribution in [1.29, 1.82) is 0 Å². The summed E-state index contributed by atoms with van der Waals surface area (Å²) >= 11 is 0. The lowest BCUT2D eigenvalue weighted by atomic mass is 9.75. The van der Waals surface area contributed by atoms with Gasteiger partial charge in [0.05, 0.1) is 24.6 Å². The van der Waals surface area contributed by atoms with E-state index in [0.717, 1.165) is 43.6 Å². The summed E-state index contributed by atoms with van der Waals surface area (Å²) in [6, 6.07) is 10.5. The molecule has 0 bridgehead atoms. The molecule has 1 atom stereocenters. The number of benzene rings is 2. The van der Waals surface area contributed by atoms with Gasteiger partial charge < -0.3 is 20.9 Å². The van der Waals surface area contributed by atoms with Gasteiger partial charge >= 0.3 is 0 Å². The van der Waals surface area contributed by atoms with Crippen LogP contribution in [0.3, 0.4) is 0 Å². The second-order valence-electron chi connectivity index (χ2n) is 9.64. The first kappa shape index (κ1) is 23.8. The highest BCUT2D eigenvalue weighted by molar-refractivity contribution is 5.65. The van der Waals surface area contributed by atoms with Gasteiger partial charge in [0.25, 0.3) is 0 Å². The van der Waals surface area contributed by atoms with Crippen molar-refractivity contribution in [2.45, 2.75) is 63.7 Å². The summed E-state index contributed by atoms with van der Waals surface area (Å²) in [5.74, 6) is 1.49. The summed E-state index contributed by atoms with van der Waals surface area (Å²) in [6.45, 7) is 15.6. The average molecular weight is 435 g/mol. The summed E-state index contributed by atoms with van der Waals surface area (Å²) in [5.41, 5.74) is 17.7. The largest absolute Gasteiger partial charge is 0.491 e. The Hall–Kier alpha value is -2.88. The van der Waals surface area contributed by atoms with E-state index in [1.807, 2.05) is 18.2 Å². The number of rotatable bonds is 11. The smallest absolute Gasteiger partial charge is 0.142 e. The Morgan fingerprint density at radius 2 is 1.44 bits per heavy atom. The minimum Gasteiger partial charge on any atom is -0.491 e. The van der Waals surface area contributed by atoms with E-state index in [1.165, 1.54) is 16.7 Å². The third-order valence-corrected chi connectivity index (χ3v) is 6.54. The van der Waals surface area contributed by atoms with Crippen molar-refractivity contribution >= 4 is 11.4 Å². The van der Waals surface area contributed by atoms with Gasteiger partial charge in [-0.15, -0.1) is 13.2 Å². The van der Waals surface area contributed by atoms with Crippen molar-refractivity contribution in [3.05, 3.63) is 72.3 Å². The fraction of sp³-hybridized carbons (Fsp3) is 0.429. The molecule has 2 aromatic carbocycles. The Kier molecular flexibility index (Phi) is 7.22. The quantitative estimate of drug-likeness (QED) is 0.240. The second-order valence-corrected chi connectivity index (χ2v) is 9.64. The van der Waals surface area contributed by atoms with Gasteiger partial charge in [0.1, 0.15) is 11.5 Å². The van der Waals surface area contributed by atoms with Crippen LogP contribution in [0.4, 0.5) is 11.4 Å². The summed E-state index contributed by atoms with van der Waals surface area (Å²) in [7, 11) is 0. The van der Waals surface area contributed by atoms with Gasteiger partial charge in [-0.2, -0.15) is 0 Å². The van der Waals surface area contributed by atoms with Crippen LogP contribution >= 0.6 is 0 Å². The Balaban J connectivity index is 1.92. The van der Waals surface area contributed by atoms with Crippen LogP contribution in [0.2, 0.25) is 0 Å². The summed E-state index contributed by atoms with van der Waals surface area (Å²) in [6.07, 6.45) is 8.49. The van der Waals surface area contributed by atoms with Crippen LogP contribution in [0.25, 0.3) is 0 Å². The topological polar surface area (TPSA) is 70.5 Å². The van der Waals surface area contributed by atoms with Crippen LogP contribution in [0.15, 0.2) is 55.6 Å². The maximum absolute atomic E-state index is 6.40. The molecule has 2 aromatic rings. The van der Waals surface area contributed by atoms with Gasteiger partial charge in [-0.1, -0.05) is 39.0 Å². The molecule has 0 spiro atoms. The van der Waals surface area contributed by atoms with E-state index >= 15 is 0 Å². The standard InChI is InChI=1S/C28H38N2O2/c1-6-8-10-14-31-25-13-12-20(16-23(25)29)28(5)19-27(3,4)21-17-24(30)26(18-22(21)28)32-15-11-9-7-2/h6-7,12-13,16-18H,1-2,8-11,14-15,19,29-30H2,3-5H3. The molecule has 4 N–H and O–H groups in total. The first-order valence-corrected chi connectivity index (χ1v) is 11.5. The molecule has 0 heterocycles. The van der Waals surface area contributed by atoms with Crippen LogP contribution < -0.4 is 20.9 Å². The van der Waals surface area contributed by atoms with E-state index in [9.17, 15) is 0 Å². The van der Waals surface area contributed by atoms with Gasteiger partial charge in [0, 0.05) is 5.41 Å². The zero-order valence-electron chi connectivity index (χ0n) is 19.9.